The van der Waals surface area contributed by atoms with Crippen molar-refractivity contribution in [2.45, 2.75) is 85.0 Å². The van der Waals surface area contributed by atoms with E-state index in [9.17, 15) is 0 Å². The van der Waals surface area contributed by atoms with E-state index < -0.39 is 0 Å². The maximum atomic E-state index is 3.79. The maximum absolute atomic E-state index is 3.79. The van der Waals surface area contributed by atoms with E-state index in [1.54, 1.807) is 5.57 Å². The molecule has 0 N–H and O–H groups in total. The third kappa shape index (κ3) is 13.4. The molecule has 0 radical (unpaired) electrons. The quantitative estimate of drug-likeness (QED) is 0.145. The Morgan fingerprint density at radius 3 is 2.26 bits per heavy atom. The van der Waals surface area contributed by atoms with Crippen LogP contribution in [0, 0.1) is 0 Å². The van der Waals surface area contributed by atoms with Gasteiger partial charge in [0.15, 0.2) is 0 Å². The molecular formula is C22H42N+. The molecule has 0 aromatic rings. The molecule has 0 bridgehead atoms. The minimum atomic E-state index is 1.11. The minimum absolute atomic E-state index is 1.11. The second-order valence-corrected chi connectivity index (χ2v) is 7.58. The lowest BCUT2D eigenvalue weighted by molar-refractivity contribution is -0.888. The van der Waals surface area contributed by atoms with Crippen LogP contribution in [0.4, 0.5) is 0 Å². The molecule has 0 spiro atoms. The molecule has 134 valence electrons. The van der Waals surface area contributed by atoms with Crippen molar-refractivity contribution in [1.29, 1.82) is 0 Å². The molecule has 0 aliphatic carbocycles. The third-order valence-corrected chi connectivity index (χ3v) is 4.81. The normalized spacial score (nSPS) is 11.2. The summed E-state index contributed by atoms with van der Waals surface area (Å²) in [5.41, 5.74) is 6.77. The van der Waals surface area contributed by atoms with E-state index >= 15 is 0 Å². The second kappa shape index (κ2) is 13.6. The number of hydrogen-bond acceptors (Lipinski definition) is 0. The van der Waals surface area contributed by atoms with Gasteiger partial charge in [0.25, 0.3) is 0 Å². The molecule has 1 heteroatoms. The first-order valence-electron chi connectivity index (χ1n) is 9.82. The monoisotopic (exact) mass is 320 g/mol. The fraction of sp³-hybridized carbons (Fsp3) is 0.773. The summed E-state index contributed by atoms with van der Waals surface area (Å²) in [5.74, 6) is 0. The summed E-state index contributed by atoms with van der Waals surface area (Å²) < 4.78 is 1.11. The predicted octanol–water partition coefficient (Wildman–Crippen LogP) is 6.66. The predicted molar refractivity (Wildman–Crippen MR) is 106 cm³/mol. The molecule has 23 heavy (non-hydrogen) atoms. The van der Waals surface area contributed by atoms with Gasteiger partial charge in [-0.2, -0.15) is 0 Å². The van der Waals surface area contributed by atoms with E-state index in [0.717, 1.165) is 4.48 Å². The van der Waals surface area contributed by atoms with Crippen LogP contribution >= 0.6 is 0 Å². The van der Waals surface area contributed by atoms with Gasteiger partial charge in [-0.3, -0.25) is 0 Å². The molecule has 0 rings (SSSR count). The van der Waals surface area contributed by atoms with Crippen LogP contribution in [0.2, 0.25) is 0 Å². The van der Waals surface area contributed by atoms with Gasteiger partial charge < -0.3 is 4.48 Å². The third-order valence-electron chi connectivity index (χ3n) is 4.81. The van der Waals surface area contributed by atoms with Gasteiger partial charge in [-0.1, -0.05) is 32.3 Å². The number of nitrogens with zero attached hydrogens (tertiary/aromatic N) is 1. The summed E-state index contributed by atoms with van der Waals surface area (Å²) in [5, 5.41) is 0. The Morgan fingerprint density at radius 2 is 1.65 bits per heavy atom. The van der Waals surface area contributed by atoms with Crippen LogP contribution in [-0.4, -0.2) is 31.7 Å². The van der Waals surface area contributed by atoms with Crippen molar-refractivity contribution in [1.82, 2.24) is 0 Å². The van der Waals surface area contributed by atoms with E-state index in [1.165, 1.54) is 82.9 Å². The standard InChI is InChI=1S/C22H42N/c1-7-10-12-13-14-15-16-21(4)20-22(17-11-8-2)18-19-23(5,6)9-3/h7H,1,8-19H2,2-6H3/q+1. The summed E-state index contributed by atoms with van der Waals surface area (Å²) in [6, 6.07) is 0. The molecule has 0 amide bonds. The Labute approximate surface area is 146 Å². The van der Waals surface area contributed by atoms with E-state index in [4.69, 9.17) is 0 Å². The summed E-state index contributed by atoms with van der Waals surface area (Å²) in [6.45, 7) is 13.1. The Bertz CT molecular complexity index is 369. The van der Waals surface area contributed by atoms with Crippen LogP contribution in [0.3, 0.4) is 0 Å². The van der Waals surface area contributed by atoms with Gasteiger partial charge in [0.05, 0.1) is 27.2 Å². The molecule has 0 fully saturated rings. The van der Waals surface area contributed by atoms with Gasteiger partial charge in [0.2, 0.25) is 0 Å². The van der Waals surface area contributed by atoms with Crippen molar-refractivity contribution >= 4 is 0 Å². The minimum Gasteiger partial charge on any atom is -0.328 e. The molecule has 0 aliphatic rings. The van der Waals surface area contributed by atoms with Gasteiger partial charge in [0.1, 0.15) is 0 Å². The number of allylic oxidation sites excluding steroid dienone is 1. The zero-order chi connectivity index (χ0) is 17.6. The fourth-order valence-corrected chi connectivity index (χ4v) is 2.63. The van der Waals surface area contributed by atoms with E-state index in [0.29, 0.717) is 0 Å². The lowest BCUT2D eigenvalue weighted by Crippen LogP contribution is -2.40. The molecule has 0 atom stereocenters. The van der Waals surface area contributed by atoms with Crippen LogP contribution in [-0.2, 0) is 0 Å². The lowest BCUT2D eigenvalue weighted by Gasteiger charge is -2.28. The molecule has 0 unspecified atom stereocenters. The van der Waals surface area contributed by atoms with Crippen LogP contribution < -0.4 is 0 Å². The highest BCUT2D eigenvalue weighted by Crippen LogP contribution is 2.16. The van der Waals surface area contributed by atoms with Crippen LogP contribution in [0.25, 0.3) is 0 Å². The van der Waals surface area contributed by atoms with Crippen molar-refractivity contribution < 1.29 is 4.48 Å². The highest BCUT2D eigenvalue weighted by molar-refractivity contribution is 5.08. The van der Waals surface area contributed by atoms with E-state index in [2.05, 4.69) is 47.2 Å². The van der Waals surface area contributed by atoms with Gasteiger partial charge in [-0.25, -0.2) is 0 Å². The van der Waals surface area contributed by atoms with Crippen LogP contribution in [0.5, 0.6) is 0 Å². The molecule has 0 heterocycles. The molecule has 0 aliphatic heterocycles. The zero-order valence-corrected chi connectivity index (χ0v) is 16.7. The first-order chi connectivity index (χ1) is 10.9. The first kappa shape index (κ1) is 22.2. The first-order valence-corrected chi connectivity index (χ1v) is 9.82. The topological polar surface area (TPSA) is 0 Å². The van der Waals surface area contributed by atoms with Gasteiger partial charge in [0, 0.05) is 6.42 Å². The smallest absolute Gasteiger partial charge is 0.0826 e. The molecule has 0 aromatic carbocycles. The van der Waals surface area contributed by atoms with Crippen molar-refractivity contribution in [3.63, 3.8) is 0 Å². The highest BCUT2D eigenvalue weighted by Gasteiger charge is 2.12. The van der Waals surface area contributed by atoms with Gasteiger partial charge >= 0.3 is 0 Å². The van der Waals surface area contributed by atoms with Crippen LogP contribution in [0.1, 0.15) is 85.0 Å². The van der Waals surface area contributed by atoms with E-state index in [1.807, 2.05) is 6.08 Å². The average Bonchev–Trinajstić information content (AvgIpc) is 2.53. The maximum Gasteiger partial charge on any atom is 0.0826 e. The highest BCUT2D eigenvalue weighted by atomic mass is 15.3. The second-order valence-electron chi connectivity index (χ2n) is 7.58. The molecule has 1 nitrogen and oxygen atoms in total. The van der Waals surface area contributed by atoms with Crippen molar-refractivity contribution in [3.8, 4) is 0 Å². The SMILES string of the molecule is C=CCCCCCCC(C)=C=C(CCCC)CC[N+](C)(C)CC. The van der Waals surface area contributed by atoms with Gasteiger partial charge in [-0.05, 0) is 63.5 Å². The Morgan fingerprint density at radius 1 is 0.957 bits per heavy atom. The lowest BCUT2D eigenvalue weighted by atomic mass is 10.0. The van der Waals surface area contributed by atoms with Crippen molar-refractivity contribution in [3.05, 3.63) is 29.5 Å². The largest absolute Gasteiger partial charge is 0.328 e. The number of hydrogen-bond donors (Lipinski definition) is 0. The summed E-state index contributed by atoms with van der Waals surface area (Å²) >= 11 is 0. The zero-order valence-electron chi connectivity index (χ0n) is 16.7. The Hall–Kier alpha value is -0.780. The number of quaternary nitrogens is 1. The summed E-state index contributed by atoms with van der Waals surface area (Å²) in [4.78, 5) is 0. The summed E-state index contributed by atoms with van der Waals surface area (Å²) in [6.07, 6.45) is 14.7. The summed E-state index contributed by atoms with van der Waals surface area (Å²) in [7, 11) is 4.66. The fourth-order valence-electron chi connectivity index (χ4n) is 2.63. The number of rotatable bonds is 14. The van der Waals surface area contributed by atoms with Crippen molar-refractivity contribution in [2.24, 2.45) is 0 Å². The Balaban J connectivity index is 4.46. The Kier molecular flexibility index (Phi) is 13.2. The molecule has 0 saturated heterocycles. The molecular weight excluding hydrogens is 278 g/mol. The number of unbranched alkanes of at least 4 members (excludes halogenated alkanes) is 5. The molecule has 0 saturated carbocycles. The molecule has 0 aromatic heterocycles. The van der Waals surface area contributed by atoms with Gasteiger partial charge in [-0.15, -0.1) is 12.3 Å². The van der Waals surface area contributed by atoms with E-state index in [-0.39, 0.29) is 0 Å². The van der Waals surface area contributed by atoms with Crippen molar-refractivity contribution in [2.75, 3.05) is 27.2 Å². The van der Waals surface area contributed by atoms with Crippen LogP contribution in [0.15, 0.2) is 29.5 Å². The average molecular weight is 321 g/mol.